The Morgan fingerprint density at radius 1 is 1.39 bits per heavy atom. The summed E-state index contributed by atoms with van der Waals surface area (Å²) < 4.78 is 20.9. The average Bonchev–Trinajstić information content (AvgIpc) is 2.56. The molecule has 122 valence electrons. The summed E-state index contributed by atoms with van der Waals surface area (Å²) in [7, 11) is 3.88. The Balaban J connectivity index is 2.69. The number of methoxy groups -OCH3 is 1. The van der Waals surface area contributed by atoms with E-state index in [0.29, 0.717) is 0 Å². The van der Waals surface area contributed by atoms with Crippen LogP contribution in [0.1, 0.15) is 10.5 Å². The molecule has 0 atom stereocenters. The summed E-state index contributed by atoms with van der Waals surface area (Å²) in [6, 6.07) is 4.39. The fourth-order valence-corrected chi connectivity index (χ4v) is 2.25. The second kappa shape index (κ2) is 7.04. The number of amides is 1. The van der Waals surface area contributed by atoms with Gasteiger partial charge in [0.25, 0.3) is 5.43 Å². The van der Waals surface area contributed by atoms with Gasteiger partial charge in [-0.05, 0) is 40.8 Å². The lowest BCUT2D eigenvalue weighted by molar-refractivity contribution is -0.0762. The minimum atomic E-state index is -0.767. The Bertz CT molecular complexity index is 809. The predicted octanol–water partition coefficient (Wildman–Crippen LogP) is 1.62. The fourth-order valence-electron chi connectivity index (χ4n) is 1.77. The molecule has 0 aliphatic rings. The van der Waals surface area contributed by atoms with E-state index in [-0.39, 0.29) is 11.4 Å². The molecule has 1 aromatic heterocycles. The highest BCUT2D eigenvalue weighted by molar-refractivity contribution is 14.1. The molecule has 1 aromatic carbocycles. The first-order chi connectivity index (χ1) is 10.9. The van der Waals surface area contributed by atoms with Gasteiger partial charge in [0, 0.05) is 10.6 Å². The molecule has 0 saturated heterocycles. The van der Waals surface area contributed by atoms with Crippen molar-refractivity contribution in [2.45, 2.75) is 0 Å². The van der Waals surface area contributed by atoms with Crippen LogP contribution >= 0.6 is 22.6 Å². The summed E-state index contributed by atoms with van der Waals surface area (Å²) in [5.41, 5.74) is -1.06. The Hall–Kier alpha value is -2.01. The van der Waals surface area contributed by atoms with Crippen LogP contribution in [0.25, 0.3) is 5.69 Å². The van der Waals surface area contributed by atoms with Crippen LogP contribution in [0.2, 0.25) is 0 Å². The molecule has 0 N–H and O–H groups in total. The summed E-state index contributed by atoms with van der Waals surface area (Å²) in [4.78, 5) is 29.1. The summed E-state index contributed by atoms with van der Waals surface area (Å²) >= 11 is 2.02. The Morgan fingerprint density at radius 3 is 2.70 bits per heavy atom. The van der Waals surface area contributed by atoms with Crippen molar-refractivity contribution in [3.63, 3.8) is 0 Å². The maximum absolute atomic E-state index is 14.0. The topological polar surface area (TPSA) is 73.7 Å². The summed E-state index contributed by atoms with van der Waals surface area (Å²) in [6.45, 7) is 0. The molecule has 7 nitrogen and oxygen atoms in total. The zero-order valence-electron chi connectivity index (χ0n) is 12.5. The van der Waals surface area contributed by atoms with Gasteiger partial charge in [-0.1, -0.05) is 0 Å². The number of nitrogens with zero attached hydrogens (tertiary/aromatic N) is 3. The highest BCUT2D eigenvalue weighted by atomic mass is 127. The molecule has 2 aromatic rings. The van der Waals surface area contributed by atoms with Crippen LogP contribution in [0.3, 0.4) is 0 Å². The second-order valence-electron chi connectivity index (χ2n) is 4.40. The Morgan fingerprint density at radius 2 is 2.09 bits per heavy atom. The quantitative estimate of drug-likeness (QED) is 0.542. The molecule has 23 heavy (non-hydrogen) atoms. The van der Waals surface area contributed by atoms with Crippen molar-refractivity contribution < 1.29 is 18.8 Å². The van der Waals surface area contributed by atoms with Crippen LogP contribution in [0, 0.1) is 9.39 Å². The van der Waals surface area contributed by atoms with Crippen molar-refractivity contribution in [3.8, 4) is 11.4 Å². The highest BCUT2D eigenvalue weighted by Gasteiger charge is 2.22. The number of ether oxygens (including phenoxy) is 1. The zero-order valence-corrected chi connectivity index (χ0v) is 14.7. The van der Waals surface area contributed by atoms with Gasteiger partial charge in [0.15, 0.2) is 5.75 Å². The van der Waals surface area contributed by atoms with Gasteiger partial charge in [-0.2, -0.15) is 5.10 Å². The third-order valence-electron chi connectivity index (χ3n) is 3.02. The van der Waals surface area contributed by atoms with E-state index in [1.54, 1.807) is 6.07 Å². The second-order valence-corrected chi connectivity index (χ2v) is 5.65. The molecule has 0 bridgehead atoms. The molecule has 0 aliphatic heterocycles. The number of carbonyl (C=O) groups is 1. The molecule has 0 aliphatic carbocycles. The number of halogens is 2. The molecule has 0 saturated carbocycles. The normalized spacial score (nSPS) is 10.5. The number of hydrogen-bond acceptors (Lipinski definition) is 5. The van der Waals surface area contributed by atoms with E-state index >= 15 is 0 Å². The van der Waals surface area contributed by atoms with Crippen LogP contribution in [-0.2, 0) is 4.84 Å². The first-order valence-corrected chi connectivity index (χ1v) is 7.42. The van der Waals surface area contributed by atoms with E-state index < -0.39 is 22.8 Å². The molecule has 9 heteroatoms. The first-order valence-electron chi connectivity index (χ1n) is 6.34. The molecule has 0 radical (unpaired) electrons. The van der Waals surface area contributed by atoms with Crippen molar-refractivity contribution in [1.29, 1.82) is 0 Å². The van der Waals surface area contributed by atoms with Gasteiger partial charge >= 0.3 is 5.91 Å². The van der Waals surface area contributed by atoms with Crippen LogP contribution in [0.5, 0.6) is 5.75 Å². The molecular weight excluding hydrogens is 420 g/mol. The van der Waals surface area contributed by atoms with Crippen molar-refractivity contribution in [1.82, 2.24) is 14.8 Å². The summed E-state index contributed by atoms with van der Waals surface area (Å²) in [5.74, 6) is -1.45. The lowest BCUT2D eigenvalue weighted by Gasteiger charge is -2.15. The van der Waals surface area contributed by atoms with Gasteiger partial charge in [-0.3, -0.25) is 14.4 Å². The van der Waals surface area contributed by atoms with Gasteiger partial charge in [-0.15, -0.1) is 0 Å². The van der Waals surface area contributed by atoms with Crippen LogP contribution < -0.4 is 10.2 Å². The minimum Gasteiger partial charge on any atom is -0.491 e. The molecule has 1 heterocycles. The number of rotatable bonds is 4. The Labute approximate surface area is 144 Å². The van der Waals surface area contributed by atoms with Crippen molar-refractivity contribution >= 4 is 28.5 Å². The number of hydroxylamine groups is 2. The van der Waals surface area contributed by atoms with Crippen LogP contribution in [-0.4, -0.2) is 42.0 Å². The van der Waals surface area contributed by atoms with Crippen LogP contribution in [0.4, 0.5) is 4.39 Å². The molecule has 1 amide bonds. The molecule has 0 spiro atoms. The minimum absolute atomic E-state index is 0.0873. The number of aromatic nitrogens is 2. The summed E-state index contributed by atoms with van der Waals surface area (Å²) in [6.07, 6.45) is 1.22. The maximum atomic E-state index is 14.0. The third kappa shape index (κ3) is 3.50. The fraction of sp³-hybridized carbons (Fsp3) is 0.214. The largest absolute Gasteiger partial charge is 0.491 e. The SMILES string of the molecule is COc1cn(-c2cc(I)ccc2F)nc(C(=O)N(C)OC)c1=O. The maximum Gasteiger partial charge on any atom is 0.301 e. The van der Waals surface area contributed by atoms with Gasteiger partial charge in [0.2, 0.25) is 5.69 Å². The van der Waals surface area contributed by atoms with Crippen LogP contribution in [0.15, 0.2) is 29.2 Å². The van der Waals surface area contributed by atoms with E-state index in [4.69, 9.17) is 9.57 Å². The van der Waals surface area contributed by atoms with Crippen molar-refractivity contribution in [2.75, 3.05) is 21.3 Å². The van der Waals surface area contributed by atoms with Crippen molar-refractivity contribution in [2.24, 2.45) is 0 Å². The molecule has 2 rings (SSSR count). The van der Waals surface area contributed by atoms with E-state index in [9.17, 15) is 14.0 Å². The standard InChI is InChI=1S/C14H13FIN3O4/c1-18(23-3)14(21)12-13(20)11(22-2)7-19(17-12)10-6-8(16)4-5-9(10)15/h4-7H,1-3H3. The molecular formula is C14H13FIN3O4. The average molecular weight is 433 g/mol. The predicted molar refractivity (Wildman–Crippen MR) is 88.2 cm³/mol. The lowest BCUT2D eigenvalue weighted by atomic mass is 10.3. The lowest BCUT2D eigenvalue weighted by Crippen LogP contribution is -2.33. The van der Waals surface area contributed by atoms with Gasteiger partial charge < -0.3 is 4.74 Å². The third-order valence-corrected chi connectivity index (χ3v) is 3.69. The van der Waals surface area contributed by atoms with Gasteiger partial charge in [-0.25, -0.2) is 14.1 Å². The zero-order chi connectivity index (χ0) is 17.1. The van der Waals surface area contributed by atoms with Crippen molar-refractivity contribution in [3.05, 3.63) is 49.7 Å². The summed E-state index contributed by atoms with van der Waals surface area (Å²) in [5, 5.41) is 4.78. The number of benzene rings is 1. The number of carbonyl (C=O) groups excluding carboxylic acids is 1. The Kier molecular flexibility index (Phi) is 5.31. The number of hydrogen-bond donors (Lipinski definition) is 0. The first kappa shape index (κ1) is 17.3. The van der Waals surface area contributed by atoms with Gasteiger partial charge in [0.1, 0.15) is 11.5 Å². The van der Waals surface area contributed by atoms with E-state index in [2.05, 4.69) is 5.10 Å². The smallest absolute Gasteiger partial charge is 0.301 e. The van der Waals surface area contributed by atoms with Gasteiger partial charge in [0.05, 0.1) is 20.4 Å². The molecule has 0 fully saturated rings. The highest BCUT2D eigenvalue weighted by Crippen LogP contribution is 2.17. The molecule has 0 unspecified atom stereocenters. The van der Waals surface area contributed by atoms with E-state index in [1.165, 1.54) is 39.6 Å². The van der Waals surface area contributed by atoms with E-state index in [1.807, 2.05) is 22.6 Å². The van der Waals surface area contributed by atoms with E-state index in [0.717, 1.165) is 13.3 Å². The monoisotopic (exact) mass is 433 g/mol.